The van der Waals surface area contributed by atoms with Gasteiger partial charge in [-0.15, -0.1) is 0 Å². The average molecular weight is 309 g/mol. The number of nitrogens with one attached hydrogen (secondary N) is 1. The Kier molecular flexibility index (Phi) is 3.84. The van der Waals surface area contributed by atoms with Gasteiger partial charge in [0.25, 0.3) is 5.91 Å². The van der Waals surface area contributed by atoms with Crippen molar-refractivity contribution >= 4 is 22.6 Å². The molecule has 2 heterocycles. The Morgan fingerprint density at radius 1 is 1.04 bits per heavy atom. The molecular formula is C16H15N5O2. The SMILES string of the molecule is COc1nc(C)c(NC(=O)c2cnc3ccccc3n2)c(C)n1. The average Bonchev–Trinajstić information content (AvgIpc) is 2.57. The van der Waals surface area contributed by atoms with Crippen LogP contribution in [0, 0.1) is 13.8 Å². The van der Waals surface area contributed by atoms with E-state index in [1.54, 1.807) is 13.8 Å². The fourth-order valence-corrected chi connectivity index (χ4v) is 2.20. The minimum atomic E-state index is -0.358. The van der Waals surface area contributed by atoms with Crippen molar-refractivity contribution in [2.24, 2.45) is 0 Å². The highest BCUT2D eigenvalue weighted by Gasteiger charge is 2.15. The lowest BCUT2D eigenvalue weighted by atomic mass is 10.2. The lowest BCUT2D eigenvalue weighted by Gasteiger charge is -2.11. The van der Waals surface area contributed by atoms with E-state index in [1.165, 1.54) is 13.3 Å². The fraction of sp³-hybridized carbons (Fsp3) is 0.188. The van der Waals surface area contributed by atoms with E-state index < -0.39 is 0 Å². The zero-order valence-corrected chi connectivity index (χ0v) is 13.0. The lowest BCUT2D eigenvalue weighted by molar-refractivity contribution is 0.102. The standard InChI is InChI=1S/C16H15N5O2/c1-9-14(10(2)19-16(18-9)23-3)21-15(22)13-8-17-11-6-4-5-7-12(11)20-13/h4-8H,1-3H3,(H,21,22). The number of methoxy groups -OCH3 is 1. The van der Waals surface area contributed by atoms with Crippen molar-refractivity contribution in [3.63, 3.8) is 0 Å². The van der Waals surface area contributed by atoms with Crippen molar-refractivity contribution in [2.75, 3.05) is 12.4 Å². The molecule has 0 aliphatic heterocycles. The monoisotopic (exact) mass is 309 g/mol. The van der Waals surface area contributed by atoms with Crippen molar-refractivity contribution in [1.29, 1.82) is 0 Å². The number of carbonyl (C=O) groups excluding carboxylic acids is 1. The molecule has 0 spiro atoms. The summed E-state index contributed by atoms with van der Waals surface area (Å²) in [4.78, 5) is 29.3. The van der Waals surface area contributed by atoms with Gasteiger partial charge in [-0.05, 0) is 26.0 Å². The summed E-state index contributed by atoms with van der Waals surface area (Å²) in [5, 5.41) is 2.79. The van der Waals surface area contributed by atoms with E-state index in [2.05, 4.69) is 25.3 Å². The van der Waals surface area contributed by atoms with Crippen molar-refractivity contribution in [2.45, 2.75) is 13.8 Å². The first-order chi connectivity index (χ1) is 11.1. The number of aryl methyl sites for hydroxylation is 2. The lowest BCUT2D eigenvalue weighted by Crippen LogP contribution is -2.17. The molecule has 3 aromatic rings. The van der Waals surface area contributed by atoms with Gasteiger partial charge in [-0.3, -0.25) is 9.78 Å². The number of ether oxygens (including phenoxy) is 1. The van der Waals surface area contributed by atoms with Gasteiger partial charge in [0.1, 0.15) is 5.69 Å². The zero-order valence-electron chi connectivity index (χ0n) is 13.0. The Hall–Kier alpha value is -3.09. The van der Waals surface area contributed by atoms with Crippen molar-refractivity contribution in [1.82, 2.24) is 19.9 Å². The molecule has 0 aliphatic carbocycles. The first kappa shape index (κ1) is 14.8. The molecule has 7 nitrogen and oxygen atoms in total. The van der Waals surface area contributed by atoms with Crippen molar-refractivity contribution < 1.29 is 9.53 Å². The smallest absolute Gasteiger partial charge is 0.316 e. The number of carbonyl (C=O) groups is 1. The Labute approximate surface area is 132 Å². The van der Waals surface area contributed by atoms with Gasteiger partial charge in [0.2, 0.25) is 0 Å². The van der Waals surface area contributed by atoms with Crippen LogP contribution in [-0.2, 0) is 0 Å². The summed E-state index contributed by atoms with van der Waals surface area (Å²) >= 11 is 0. The molecule has 0 unspecified atom stereocenters. The van der Waals surface area contributed by atoms with E-state index in [0.29, 0.717) is 22.6 Å². The first-order valence-corrected chi connectivity index (χ1v) is 7.01. The number of anilines is 1. The van der Waals surface area contributed by atoms with Gasteiger partial charge in [0.05, 0.1) is 41.4 Å². The molecule has 23 heavy (non-hydrogen) atoms. The predicted molar refractivity (Wildman–Crippen MR) is 85.5 cm³/mol. The number of para-hydroxylation sites is 2. The molecular weight excluding hydrogens is 294 g/mol. The summed E-state index contributed by atoms with van der Waals surface area (Å²) in [6, 6.07) is 7.65. The van der Waals surface area contributed by atoms with Crippen LogP contribution in [0.15, 0.2) is 30.5 Å². The summed E-state index contributed by atoms with van der Waals surface area (Å²) < 4.78 is 5.01. The van der Waals surface area contributed by atoms with Crippen LogP contribution in [0.25, 0.3) is 11.0 Å². The third-order valence-electron chi connectivity index (χ3n) is 3.35. The number of hydrogen-bond acceptors (Lipinski definition) is 6. The van der Waals surface area contributed by atoms with Crippen molar-refractivity contribution in [3.8, 4) is 6.01 Å². The Morgan fingerprint density at radius 2 is 1.70 bits per heavy atom. The van der Waals surface area contributed by atoms with Gasteiger partial charge < -0.3 is 10.1 Å². The van der Waals surface area contributed by atoms with E-state index in [0.717, 1.165) is 5.52 Å². The maximum absolute atomic E-state index is 12.4. The molecule has 0 radical (unpaired) electrons. The predicted octanol–water partition coefficient (Wildman–Crippen LogP) is 2.30. The van der Waals surface area contributed by atoms with Gasteiger partial charge in [-0.2, -0.15) is 9.97 Å². The molecule has 2 aromatic heterocycles. The summed E-state index contributed by atoms with van der Waals surface area (Å²) in [7, 11) is 1.50. The normalized spacial score (nSPS) is 10.6. The van der Waals surface area contributed by atoms with Crippen LogP contribution in [-0.4, -0.2) is 33.0 Å². The Morgan fingerprint density at radius 3 is 2.35 bits per heavy atom. The van der Waals surface area contributed by atoms with Gasteiger partial charge >= 0.3 is 6.01 Å². The highest BCUT2D eigenvalue weighted by Crippen LogP contribution is 2.20. The molecule has 0 saturated carbocycles. The number of amides is 1. The second kappa shape index (κ2) is 5.96. The van der Waals surface area contributed by atoms with Crippen LogP contribution < -0.4 is 10.1 Å². The molecule has 0 aliphatic rings. The summed E-state index contributed by atoms with van der Waals surface area (Å²) in [6.07, 6.45) is 1.45. The fourth-order valence-electron chi connectivity index (χ4n) is 2.20. The van der Waals surface area contributed by atoms with Crippen LogP contribution in [0.1, 0.15) is 21.9 Å². The quantitative estimate of drug-likeness (QED) is 0.798. The van der Waals surface area contributed by atoms with Crippen LogP contribution in [0.5, 0.6) is 6.01 Å². The summed E-state index contributed by atoms with van der Waals surface area (Å²) in [6.45, 7) is 3.55. The maximum Gasteiger partial charge on any atom is 0.316 e. The van der Waals surface area contributed by atoms with Gasteiger partial charge in [0, 0.05) is 0 Å². The molecule has 1 aromatic carbocycles. The minimum absolute atomic E-state index is 0.235. The molecule has 7 heteroatoms. The van der Waals surface area contributed by atoms with Crippen LogP contribution in [0.4, 0.5) is 5.69 Å². The third kappa shape index (κ3) is 2.94. The van der Waals surface area contributed by atoms with E-state index in [9.17, 15) is 4.79 Å². The highest BCUT2D eigenvalue weighted by molar-refractivity contribution is 6.04. The van der Waals surface area contributed by atoms with E-state index in [1.807, 2.05) is 24.3 Å². The second-order valence-corrected chi connectivity index (χ2v) is 4.95. The summed E-state index contributed by atoms with van der Waals surface area (Å²) in [5.41, 5.74) is 3.43. The van der Waals surface area contributed by atoms with E-state index in [4.69, 9.17) is 4.74 Å². The zero-order chi connectivity index (χ0) is 16.4. The summed E-state index contributed by atoms with van der Waals surface area (Å²) in [5.74, 6) is -0.358. The molecule has 116 valence electrons. The molecule has 0 saturated heterocycles. The Balaban J connectivity index is 1.91. The molecule has 3 rings (SSSR count). The van der Waals surface area contributed by atoms with Gasteiger partial charge in [0.15, 0.2) is 0 Å². The number of aromatic nitrogens is 4. The minimum Gasteiger partial charge on any atom is -0.467 e. The molecule has 1 amide bonds. The Bertz CT molecular complexity index is 872. The number of fused-ring (bicyclic) bond motifs is 1. The molecule has 0 fully saturated rings. The first-order valence-electron chi connectivity index (χ1n) is 7.01. The van der Waals surface area contributed by atoms with E-state index >= 15 is 0 Å². The molecule has 1 N–H and O–H groups in total. The number of hydrogen-bond donors (Lipinski definition) is 1. The number of benzene rings is 1. The number of nitrogens with zero attached hydrogens (tertiary/aromatic N) is 4. The largest absolute Gasteiger partial charge is 0.467 e. The van der Waals surface area contributed by atoms with Crippen LogP contribution >= 0.6 is 0 Å². The number of rotatable bonds is 3. The third-order valence-corrected chi connectivity index (χ3v) is 3.35. The van der Waals surface area contributed by atoms with Crippen LogP contribution in [0.2, 0.25) is 0 Å². The topological polar surface area (TPSA) is 89.9 Å². The maximum atomic E-state index is 12.4. The molecule has 0 bridgehead atoms. The highest BCUT2D eigenvalue weighted by atomic mass is 16.5. The van der Waals surface area contributed by atoms with Crippen LogP contribution in [0.3, 0.4) is 0 Å². The second-order valence-electron chi connectivity index (χ2n) is 4.95. The van der Waals surface area contributed by atoms with Crippen molar-refractivity contribution in [3.05, 3.63) is 47.5 Å². The van der Waals surface area contributed by atoms with E-state index in [-0.39, 0.29) is 17.6 Å². The molecule has 0 atom stereocenters. The van der Waals surface area contributed by atoms with Gasteiger partial charge in [-0.1, -0.05) is 12.1 Å². The van der Waals surface area contributed by atoms with Gasteiger partial charge in [-0.25, -0.2) is 4.98 Å².